The molecule has 0 aromatic heterocycles. The summed E-state index contributed by atoms with van der Waals surface area (Å²) >= 11 is 3.35. The van der Waals surface area contributed by atoms with E-state index in [1.54, 1.807) is 11.1 Å². The Kier molecular flexibility index (Phi) is 3.70. The first-order valence-corrected chi connectivity index (χ1v) is 5.87. The molecule has 0 aliphatic carbocycles. The average molecular weight is 287 g/mol. The smallest absolute Gasteiger partial charge is 0.0759 e. The fourth-order valence-electron chi connectivity index (χ4n) is 1.45. The van der Waals surface area contributed by atoms with E-state index in [1.165, 1.54) is 0 Å². The van der Waals surface area contributed by atoms with Crippen LogP contribution in [0.3, 0.4) is 0 Å². The van der Waals surface area contributed by atoms with Gasteiger partial charge in [0.25, 0.3) is 0 Å². The molecule has 5 heteroatoms. The van der Waals surface area contributed by atoms with Crippen molar-refractivity contribution in [2.75, 3.05) is 23.0 Å². The lowest BCUT2D eigenvalue weighted by molar-refractivity contribution is 0.412. The largest absolute Gasteiger partial charge is 0.398 e. The summed E-state index contributed by atoms with van der Waals surface area (Å²) in [4.78, 5) is 0. The van der Waals surface area contributed by atoms with Crippen LogP contribution < -0.4 is 22.3 Å². The summed E-state index contributed by atoms with van der Waals surface area (Å²) in [7, 11) is 0. The number of nitrogens with two attached hydrogens (primary N) is 3. The SMILES string of the molecule is CC(C)(C)CN(N)c1ccc(N)c(Br)c1N. The number of nitrogen functional groups attached to an aromatic ring is 2. The van der Waals surface area contributed by atoms with E-state index in [0.717, 1.165) is 5.69 Å². The highest BCUT2D eigenvalue weighted by Gasteiger charge is 2.17. The summed E-state index contributed by atoms with van der Waals surface area (Å²) in [6.07, 6.45) is 0. The van der Waals surface area contributed by atoms with Crippen molar-refractivity contribution < 1.29 is 0 Å². The van der Waals surface area contributed by atoms with E-state index < -0.39 is 0 Å². The van der Waals surface area contributed by atoms with Gasteiger partial charge >= 0.3 is 0 Å². The lowest BCUT2D eigenvalue weighted by Crippen LogP contribution is -2.38. The number of hydrazine groups is 1. The first-order valence-electron chi connectivity index (χ1n) is 5.08. The molecule has 0 unspecified atom stereocenters. The summed E-state index contributed by atoms with van der Waals surface area (Å²) in [6.45, 7) is 7.08. The molecular weight excluding hydrogens is 268 g/mol. The quantitative estimate of drug-likeness (QED) is 0.443. The van der Waals surface area contributed by atoms with Crippen molar-refractivity contribution in [1.29, 1.82) is 0 Å². The van der Waals surface area contributed by atoms with E-state index in [1.807, 2.05) is 6.07 Å². The molecule has 0 bridgehead atoms. The molecular formula is C11H19BrN4. The molecule has 0 aliphatic heterocycles. The van der Waals surface area contributed by atoms with Gasteiger partial charge in [0, 0.05) is 12.2 Å². The molecule has 90 valence electrons. The lowest BCUT2D eigenvalue weighted by atomic mass is 9.96. The van der Waals surface area contributed by atoms with Crippen molar-refractivity contribution >= 4 is 33.0 Å². The van der Waals surface area contributed by atoms with Crippen molar-refractivity contribution in [3.8, 4) is 0 Å². The van der Waals surface area contributed by atoms with Crippen LogP contribution in [-0.2, 0) is 0 Å². The van der Waals surface area contributed by atoms with Crippen molar-refractivity contribution in [3.63, 3.8) is 0 Å². The molecule has 0 amide bonds. The van der Waals surface area contributed by atoms with E-state index in [9.17, 15) is 0 Å². The van der Waals surface area contributed by atoms with Crippen LogP contribution in [0, 0.1) is 5.41 Å². The van der Waals surface area contributed by atoms with Gasteiger partial charge in [-0.05, 0) is 33.5 Å². The fourth-order valence-corrected chi connectivity index (χ4v) is 1.78. The number of hydrogen-bond donors (Lipinski definition) is 3. The minimum atomic E-state index is 0.106. The van der Waals surface area contributed by atoms with Crippen LogP contribution in [0.15, 0.2) is 16.6 Å². The first kappa shape index (κ1) is 13.1. The molecule has 0 aliphatic rings. The minimum absolute atomic E-state index is 0.106. The zero-order valence-corrected chi connectivity index (χ0v) is 11.5. The van der Waals surface area contributed by atoms with Crippen molar-refractivity contribution in [2.24, 2.45) is 11.3 Å². The van der Waals surface area contributed by atoms with Crippen molar-refractivity contribution in [2.45, 2.75) is 20.8 Å². The van der Waals surface area contributed by atoms with Crippen LogP contribution >= 0.6 is 15.9 Å². The maximum Gasteiger partial charge on any atom is 0.0759 e. The highest BCUT2D eigenvalue weighted by Crippen LogP contribution is 2.34. The Hall–Kier alpha value is -0.940. The molecule has 1 aromatic carbocycles. The predicted octanol–water partition coefficient (Wildman–Crippen LogP) is 2.34. The standard InChI is InChI=1S/C11H19BrN4/c1-11(2,3)6-16(15)8-5-4-7(13)9(12)10(8)14/h4-5H,6,13-15H2,1-3H3. The van der Waals surface area contributed by atoms with E-state index in [4.69, 9.17) is 17.3 Å². The molecule has 0 heterocycles. The summed E-state index contributed by atoms with van der Waals surface area (Å²) in [5, 5.41) is 1.65. The fraction of sp³-hybridized carbons (Fsp3) is 0.455. The van der Waals surface area contributed by atoms with Crippen LogP contribution in [0.5, 0.6) is 0 Å². The molecule has 0 fully saturated rings. The monoisotopic (exact) mass is 286 g/mol. The molecule has 1 aromatic rings. The summed E-state index contributed by atoms with van der Waals surface area (Å²) < 4.78 is 0.703. The van der Waals surface area contributed by atoms with Gasteiger partial charge in [0.15, 0.2) is 0 Å². The van der Waals surface area contributed by atoms with Gasteiger partial charge in [0.2, 0.25) is 0 Å². The van der Waals surface area contributed by atoms with Crippen LogP contribution in [0.25, 0.3) is 0 Å². The van der Waals surface area contributed by atoms with E-state index in [-0.39, 0.29) is 5.41 Å². The number of halogens is 1. The molecule has 0 saturated carbocycles. The maximum atomic E-state index is 5.99. The topological polar surface area (TPSA) is 81.3 Å². The number of anilines is 3. The average Bonchev–Trinajstić information content (AvgIpc) is 2.11. The van der Waals surface area contributed by atoms with E-state index in [0.29, 0.717) is 22.4 Å². The normalized spacial score (nSPS) is 11.6. The second-order valence-corrected chi connectivity index (χ2v) is 5.88. The molecule has 1 rings (SSSR count). The number of nitrogens with zero attached hydrogens (tertiary/aromatic N) is 1. The van der Waals surface area contributed by atoms with Crippen LogP contribution in [-0.4, -0.2) is 6.54 Å². The van der Waals surface area contributed by atoms with Gasteiger partial charge in [-0.3, -0.25) is 0 Å². The van der Waals surface area contributed by atoms with Gasteiger partial charge in [0.05, 0.1) is 15.8 Å². The summed E-state index contributed by atoms with van der Waals surface area (Å²) in [5.74, 6) is 5.99. The molecule has 0 atom stereocenters. The van der Waals surface area contributed by atoms with Gasteiger partial charge in [-0.1, -0.05) is 20.8 Å². The Labute approximate surface area is 105 Å². The van der Waals surface area contributed by atoms with Crippen LogP contribution in [0.4, 0.5) is 17.1 Å². The lowest BCUT2D eigenvalue weighted by Gasteiger charge is -2.28. The third kappa shape index (κ3) is 3.02. The third-order valence-corrected chi connectivity index (χ3v) is 3.03. The zero-order chi connectivity index (χ0) is 12.5. The van der Waals surface area contributed by atoms with Crippen molar-refractivity contribution in [1.82, 2.24) is 0 Å². The summed E-state index contributed by atoms with van der Waals surface area (Å²) in [6, 6.07) is 3.62. The van der Waals surface area contributed by atoms with Gasteiger partial charge < -0.3 is 16.5 Å². The molecule has 16 heavy (non-hydrogen) atoms. The van der Waals surface area contributed by atoms with Gasteiger partial charge in [-0.25, -0.2) is 5.84 Å². The first-order chi connectivity index (χ1) is 7.22. The van der Waals surface area contributed by atoms with Gasteiger partial charge in [-0.2, -0.15) is 0 Å². The Morgan fingerprint density at radius 3 is 2.31 bits per heavy atom. The Morgan fingerprint density at radius 2 is 1.81 bits per heavy atom. The zero-order valence-electron chi connectivity index (χ0n) is 9.92. The summed E-state index contributed by atoms with van der Waals surface area (Å²) in [5.41, 5.74) is 13.8. The Bertz CT molecular complexity index is 384. The molecule has 6 N–H and O–H groups in total. The highest BCUT2D eigenvalue weighted by molar-refractivity contribution is 9.10. The number of benzene rings is 1. The van der Waals surface area contributed by atoms with Crippen LogP contribution in [0.1, 0.15) is 20.8 Å². The van der Waals surface area contributed by atoms with Gasteiger partial charge in [0.1, 0.15) is 0 Å². The van der Waals surface area contributed by atoms with Crippen LogP contribution in [0.2, 0.25) is 0 Å². The van der Waals surface area contributed by atoms with Crippen molar-refractivity contribution in [3.05, 3.63) is 16.6 Å². The maximum absolute atomic E-state index is 5.99. The minimum Gasteiger partial charge on any atom is -0.398 e. The van der Waals surface area contributed by atoms with E-state index in [2.05, 4.69) is 36.7 Å². The molecule has 0 spiro atoms. The number of hydrogen-bond acceptors (Lipinski definition) is 4. The highest BCUT2D eigenvalue weighted by atomic mass is 79.9. The Balaban J connectivity index is 3.01. The second kappa shape index (κ2) is 4.51. The second-order valence-electron chi connectivity index (χ2n) is 5.09. The molecule has 4 nitrogen and oxygen atoms in total. The molecule has 0 saturated heterocycles. The Morgan fingerprint density at radius 1 is 1.25 bits per heavy atom. The van der Waals surface area contributed by atoms with Gasteiger partial charge in [-0.15, -0.1) is 0 Å². The number of rotatable bonds is 2. The third-order valence-electron chi connectivity index (χ3n) is 2.14. The molecule has 0 radical (unpaired) electrons. The predicted molar refractivity (Wildman–Crippen MR) is 74.0 cm³/mol. The van der Waals surface area contributed by atoms with E-state index >= 15 is 0 Å².